The molecule has 6 nitrogen and oxygen atoms in total. The summed E-state index contributed by atoms with van der Waals surface area (Å²) in [5.41, 5.74) is 0.793. The lowest BCUT2D eigenvalue weighted by atomic mass is 10.1. The fourth-order valence-electron chi connectivity index (χ4n) is 1.48. The second kappa shape index (κ2) is 5.45. The number of aryl methyl sites for hydroxylation is 1. The summed E-state index contributed by atoms with van der Waals surface area (Å²) in [6.45, 7) is 1.59. The van der Waals surface area contributed by atoms with Crippen molar-refractivity contribution in [2.75, 3.05) is 5.32 Å². The van der Waals surface area contributed by atoms with E-state index in [0.717, 1.165) is 3.79 Å². The molecule has 8 heteroatoms. The molecule has 19 heavy (non-hydrogen) atoms. The number of carbonyl (C=O) groups excluding carboxylic acids is 1. The highest BCUT2D eigenvalue weighted by atomic mass is 79.9. The molecule has 98 valence electrons. The van der Waals surface area contributed by atoms with Gasteiger partial charge in [0, 0.05) is 17.2 Å². The molecule has 0 unspecified atom stereocenters. The fourth-order valence-corrected chi connectivity index (χ4v) is 2.58. The van der Waals surface area contributed by atoms with Crippen molar-refractivity contribution in [3.05, 3.63) is 49.4 Å². The van der Waals surface area contributed by atoms with Crippen LogP contribution in [0, 0.1) is 17.0 Å². The summed E-state index contributed by atoms with van der Waals surface area (Å²) in [7, 11) is 0. The van der Waals surface area contributed by atoms with Gasteiger partial charge in [-0.25, -0.2) is 4.98 Å². The number of halogens is 1. The van der Waals surface area contributed by atoms with Crippen LogP contribution in [0.5, 0.6) is 0 Å². The molecule has 0 spiro atoms. The Kier molecular flexibility index (Phi) is 3.91. The second-order valence-electron chi connectivity index (χ2n) is 3.68. The van der Waals surface area contributed by atoms with E-state index in [-0.39, 0.29) is 11.6 Å². The number of benzene rings is 1. The molecule has 2 aromatic rings. The minimum atomic E-state index is -0.477. The molecule has 0 fully saturated rings. The van der Waals surface area contributed by atoms with Gasteiger partial charge in [-0.2, -0.15) is 0 Å². The van der Waals surface area contributed by atoms with Crippen molar-refractivity contribution in [1.82, 2.24) is 4.98 Å². The van der Waals surface area contributed by atoms with E-state index in [1.807, 2.05) is 0 Å². The summed E-state index contributed by atoms with van der Waals surface area (Å²) in [5, 5.41) is 13.8. The van der Waals surface area contributed by atoms with Crippen molar-refractivity contribution in [2.45, 2.75) is 6.92 Å². The maximum atomic E-state index is 11.9. The first-order valence-corrected chi connectivity index (χ1v) is 6.76. The van der Waals surface area contributed by atoms with Crippen LogP contribution < -0.4 is 5.32 Å². The minimum absolute atomic E-state index is 0.00598. The van der Waals surface area contributed by atoms with Crippen molar-refractivity contribution in [2.24, 2.45) is 0 Å². The van der Waals surface area contributed by atoms with E-state index >= 15 is 0 Å². The Morgan fingerprint density at radius 2 is 2.26 bits per heavy atom. The highest BCUT2D eigenvalue weighted by Crippen LogP contribution is 2.24. The molecule has 1 N–H and O–H groups in total. The van der Waals surface area contributed by atoms with Crippen LogP contribution in [0.2, 0.25) is 0 Å². The average molecular weight is 342 g/mol. The quantitative estimate of drug-likeness (QED) is 0.684. The maximum absolute atomic E-state index is 11.9. The Bertz CT molecular complexity index is 656. The SMILES string of the molecule is Cc1cc(C(=O)Nc2ncc(Br)s2)ccc1[N+](=O)[O-]. The van der Waals surface area contributed by atoms with Crippen LogP contribution in [-0.4, -0.2) is 15.8 Å². The van der Waals surface area contributed by atoms with Crippen LogP contribution in [0.3, 0.4) is 0 Å². The first-order valence-electron chi connectivity index (χ1n) is 5.15. The van der Waals surface area contributed by atoms with E-state index in [1.165, 1.54) is 29.5 Å². The highest BCUT2D eigenvalue weighted by Gasteiger charge is 2.14. The molecule has 1 aromatic carbocycles. The van der Waals surface area contributed by atoms with Crippen molar-refractivity contribution in [3.63, 3.8) is 0 Å². The van der Waals surface area contributed by atoms with Gasteiger partial charge in [-0.15, -0.1) is 0 Å². The van der Waals surface area contributed by atoms with Gasteiger partial charge in [0.15, 0.2) is 5.13 Å². The van der Waals surface area contributed by atoms with E-state index < -0.39 is 4.92 Å². The second-order valence-corrected chi connectivity index (χ2v) is 6.09. The maximum Gasteiger partial charge on any atom is 0.272 e. The number of hydrogen-bond donors (Lipinski definition) is 1. The van der Waals surface area contributed by atoms with Gasteiger partial charge in [0.05, 0.1) is 14.9 Å². The molecule has 0 saturated heterocycles. The largest absolute Gasteiger partial charge is 0.298 e. The zero-order valence-corrected chi connectivity index (χ0v) is 12.1. The lowest BCUT2D eigenvalue weighted by Crippen LogP contribution is -2.12. The van der Waals surface area contributed by atoms with Gasteiger partial charge in [-0.3, -0.25) is 20.2 Å². The van der Waals surface area contributed by atoms with Crippen molar-refractivity contribution in [3.8, 4) is 0 Å². The molecular weight excluding hydrogens is 334 g/mol. The predicted octanol–water partition coefficient (Wildman–Crippen LogP) is 3.37. The monoisotopic (exact) mass is 341 g/mol. The third-order valence-electron chi connectivity index (χ3n) is 2.35. The summed E-state index contributed by atoms with van der Waals surface area (Å²) in [5.74, 6) is -0.347. The van der Waals surface area contributed by atoms with E-state index in [9.17, 15) is 14.9 Å². The molecule has 0 atom stereocenters. The number of anilines is 1. The van der Waals surface area contributed by atoms with Crippen LogP contribution >= 0.6 is 27.3 Å². The van der Waals surface area contributed by atoms with Crippen molar-refractivity contribution < 1.29 is 9.72 Å². The standard InChI is InChI=1S/C11H8BrN3O3S/c1-6-4-7(2-3-8(6)15(17)18)10(16)14-11-13-5-9(12)19-11/h2-5H,1H3,(H,13,14,16). The fraction of sp³-hybridized carbons (Fsp3) is 0.0909. The Balaban J connectivity index is 2.20. The number of amides is 1. The predicted molar refractivity (Wildman–Crippen MR) is 75.6 cm³/mol. The first-order chi connectivity index (χ1) is 8.97. The lowest BCUT2D eigenvalue weighted by molar-refractivity contribution is -0.385. The van der Waals surface area contributed by atoms with Crippen molar-refractivity contribution in [1.29, 1.82) is 0 Å². The molecular formula is C11H8BrN3O3S. The molecule has 1 heterocycles. The molecule has 2 rings (SSSR count). The van der Waals surface area contributed by atoms with Gasteiger partial charge in [-0.1, -0.05) is 11.3 Å². The van der Waals surface area contributed by atoms with Crippen LogP contribution in [0.1, 0.15) is 15.9 Å². The summed E-state index contributed by atoms with van der Waals surface area (Å²) < 4.78 is 0.808. The third-order valence-corrected chi connectivity index (χ3v) is 3.75. The number of nitro groups is 1. The third kappa shape index (κ3) is 3.15. The molecule has 0 aliphatic rings. The lowest BCUT2D eigenvalue weighted by Gasteiger charge is -2.03. The van der Waals surface area contributed by atoms with Crippen LogP contribution in [0.25, 0.3) is 0 Å². The smallest absolute Gasteiger partial charge is 0.272 e. The number of hydrogen-bond acceptors (Lipinski definition) is 5. The van der Waals surface area contributed by atoms with Crippen LogP contribution in [0.4, 0.5) is 10.8 Å². The molecule has 0 aliphatic carbocycles. The summed E-state index contributed by atoms with van der Waals surface area (Å²) in [6, 6.07) is 4.22. The number of rotatable bonds is 3. The molecule has 0 radical (unpaired) electrons. The molecule has 1 amide bonds. The van der Waals surface area contributed by atoms with Gasteiger partial charge >= 0.3 is 0 Å². The number of thiazole rings is 1. The number of nitro benzene ring substituents is 1. The van der Waals surface area contributed by atoms with Crippen LogP contribution in [-0.2, 0) is 0 Å². The van der Waals surface area contributed by atoms with Gasteiger partial charge in [0.1, 0.15) is 0 Å². The molecule has 0 saturated carbocycles. The molecule has 0 bridgehead atoms. The van der Waals surface area contributed by atoms with E-state index in [4.69, 9.17) is 0 Å². The van der Waals surface area contributed by atoms with Gasteiger partial charge in [0.25, 0.3) is 11.6 Å². The Morgan fingerprint density at radius 3 is 2.79 bits per heavy atom. The average Bonchev–Trinajstić information content (AvgIpc) is 2.74. The summed E-state index contributed by atoms with van der Waals surface area (Å²) in [6.07, 6.45) is 1.58. The van der Waals surface area contributed by atoms with Crippen molar-refractivity contribution >= 4 is 44.0 Å². The Morgan fingerprint density at radius 1 is 1.53 bits per heavy atom. The normalized spacial score (nSPS) is 10.2. The highest BCUT2D eigenvalue weighted by molar-refractivity contribution is 9.11. The molecule has 0 aliphatic heterocycles. The molecule has 1 aromatic heterocycles. The zero-order valence-electron chi connectivity index (χ0n) is 9.71. The number of carbonyl (C=O) groups is 1. The number of nitrogens with zero attached hydrogens (tertiary/aromatic N) is 2. The van der Waals surface area contributed by atoms with Gasteiger partial charge < -0.3 is 0 Å². The number of aromatic nitrogens is 1. The Labute approximate surface area is 120 Å². The Hall–Kier alpha value is -1.80. The topological polar surface area (TPSA) is 85.1 Å². The van der Waals surface area contributed by atoms with E-state index in [1.54, 1.807) is 13.1 Å². The number of nitrogens with one attached hydrogen (secondary N) is 1. The first kappa shape index (κ1) is 13.6. The van der Waals surface area contributed by atoms with Gasteiger partial charge in [0.2, 0.25) is 0 Å². The van der Waals surface area contributed by atoms with Crippen LogP contribution in [0.15, 0.2) is 28.2 Å². The van der Waals surface area contributed by atoms with E-state index in [2.05, 4.69) is 26.2 Å². The van der Waals surface area contributed by atoms with Gasteiger partial charge in [-0.05, 0) is 35.0 Å². The van der Waals surface area contributed by atoms with E-state index in [0.29, 0.717) is 16.3 Å². The summed E-state index contributed by atoms with van der Waals surface area (Å²) >= 11 is 4.53. The zero-order chi connectivity index (χ0) is 14.0. The minimum Gasteiger partial charge on any atom is -0.298 e. The summed E-state index contributed by atoms with van der Waals surface area (Å²) in [4.78, 5) is 26.1.